The van der Waals surface area contributed by atoms with Gasteiger partial charge in [-0.05, 0) is 6.92 Å². The Morgan fingerprint density at radius 3 is 2.38 bits per heavy atom. The van der Waals surface area contributed by atoms with Gasteiger partial charge in [-0.1, -0.05) is 38.9 Å². The van der Waals surface area contributed by atoms with Crippen molar-refractivity contribution in [2.75, 3.05) is 0 Å². The molecule has 1 aromatic heterocycles. The minimum atomic E-state index is -4.83. The third kappa shape index (κ3) is 2.11. The molecule has 84 valence electrons. The molecule has 6 heteroatoms. The highest BCUT2D eigenvalue weighted by Gasteiger charge is 2.19. The van der Waals surface area contributed by atoms with Crippen LogP contribution in [0.15, 0.2) is 39.9 Å². The van der Waals surface area contributed by atoms with Crippen LogP contribution in [0.3, 0.4) is 0 Å². The van der Waals surface area contributed by atoms with E-state index >= 15 is 0 Å². The van der Waals surface area contributed by atoms with Crippen molar-refractivity contribution in [3.8, 4) is 11.3 Å². The van der Waals surface area contributed by atoms with Crippen molar-refractivity contribution in [3.63, 3.8) is 0 Å². The molecule has 0 fully saturated rings. The summed E-state index contributed by atoms with van der Waals surface area (Å²) in [4.78, 5) is 0. The molecule has 16 heavy (non-hydrogen) atoms. The normalized spacial score (nSPS) is 11.6. The van der Waals surface area contributed by atoms with Crippen LogP contribution < -0.4 is 0 Å². The van der Waals surface area contributed by atoms with E-state index in [4.69, 9.17) is 0 Å². The molecular formula is C10H8FNO3S. The number of aromatic nitrogens is 1. The standard InChI is InChI=1S/C10H8FNO3S/c1-7-2-4-8(5-3-7)9-6-10(15-12-9)16(11,13)14/h2-6H,1H3. The lowest BCUT2D eigenvalue weighted by Crippen LogP contribution is -1.87. The number of aryl methyl sites for hydroxylation is 1. The van der Waals surface area contributed by atoms with E-state index in [-0.39, 0.29) is 5.69 Å². The van der Waals surface area contributed by atoms with Crippen LogP contribution in [0.2, 0.25) is 0 Å². The second kappa shape index (κ2) is 3.71. The maximum absolute atomic E-state index is 12.6. The maximum Gasteiger partial charge on any atom is 0.368 e. The fourth-order valence-electron chi connectivity index (χ4n) is 1.23. The minimum absolute atomic E-state index is 0.288. The lowest BCUT2D eigenvalue weighted by Gasteiger charge is -1.94. The van der Waals surface area contributed by atoms with Gasteiger partial charge in [0.1, 0.15) is 5.69 Å². The molecule has 0 unspecified atom stereocenters. The fourth-order valence-corrected chi connectivity index (χ4v) is 1.61. The molecule has 0 aliphatic rings. The highest BCUT2D eigenvalue weighted by Crippen LogP contribution is 2.22. The quantitative estimate of drug-likeness (QED) is 0.757. The van der Waals surface area contributed by atoms with E-state index < -0.39 is 15.3 Å². The van der Waals surface area contributed by atoms with E-state index in [2.05, 4.69) is 9.68 Å². The van der Waals surface area contributed by atoms with Gasteiger partial charge in [0.05, 0.1) is 0 Å². The Bertz CT molecular complexity index is 601. The monoisotopic (exact) mass is 241 g/mol. The summed E-state index contributed by atoms with van der Waals surface area (Å²) >= 11 is 0. The van der Waals surface area contributed by atoms with Gasteiger partial charge >= 0.3 is 10.2 Å². The van der Waals surface area contributed by atoms with Crippen LogP contribution in [0, 0.1) is 6.92 Å². The first-order valence-corrected chi connectivity index (χ1v) is 5.83. The zero-order chi connectivity index (χ0) is 11.8. The molecule has 2 aromatic rings. The smallest absolute Gasteiger partial charge is 0.341 e. The summed E-state index contributed by atoms with van der Waals surface area (Å²) in [6.07, 6.45) is 0. The van der Waals surface area contributed by atoms with Crippen molar-refractivity contribution >= 4 is 10.2 Å². The van der Waals surface area contributed by atoms with E-state index in [1.54, 1.807) is 12.1 Å². The molecule has 0 atom stereocenters. The highest BCUT2D eigenvalue weighted by molar-refractivity contribution is 7.86. The Morgan fingerprint density at radius 1 is 1.25 bits per heavy atom. The SMILES string of the molecule is Cc1ccc(-c2cc(S(=O)(=O)F)on2)cc1. The molecule has 4 nitrogen and oxygen atoms in total. The highest BCUT2D eigenvalue weighted by atomic mass is 32.3. The first-order chi connectivity index (χ1) is 7.47. The van der Waals surface area contributed by atoms with Gasteiger partial charge in [0.2, 0.25) is 0 Å². The molecule has 0 aliphatic heterocycles. The third-order valence-electron chi connectivity index (χ3n) is 2.08. The van der Waals surface area contributed by atoms with E-state index in [0.29, 0.717) is 5.56 Å². The molecule has 0 radical (unpaired) electrons. The molecule has 0 saturated heterocycles. The first-order valence-electron chi connectivity index (χ1n) is 4.45. The second-order valence-corrected chi connectivity index (χ2v) is 4.61. The van der Waals surface area contributed by atoms with E-state index in [1.807, 2.05) is 19.1 Å². The van der Waals surface area contributed by atoms with Gasteiger partial charge in [-0.25, -0.2) is 0 Å². The van der Waals surface area contributed by atoms with Crippen LogP contribution in [0.25, 0.3) is 11.3 Å². The number of halogens is 1. The molecule has 2 rings (SSSR count). The van der Waals surface area contributed by atoms with Gasteiger partial charge in [-0.15, -0.1) is 0 Å². The Kier molecular flexibility index (Phi) is 2.51. The largest absolute Gasteiger partial charge is 0.368 e. The summed E-state index contributed by atoms with van der Waals surface area (Å²) in [7, 11) is -4.83. The molecule has 0 bridgehead atoms. The second-order valence-electron chi connectivity index (χ2n) is 3.34. The Hall–Kier alpha value is -1.69. The summed E-state index contributed by atoms with van der Waals surface area (Å²) < 4.78 is 38.0. The summed E-state index contributed by atoms with van der Waals surface area (Å²) in [6.45, 7) is 1.92. The Balaban J connectivity index is 2.43. The van der Waals surface area contributed by atoms with Gasteiger partial charge in [-0.3, -0.25) is 0 Å². The predicted molar refractivity (Wildman–Crippen MR) is 55.0 cm³/mol. The number of hydrogen-bond donors (Lipinski definition) is 0. The van der Waals surface area contributed by atoms with Crippen LogP contribution in [-0.2, 0) is 10.2 Å². The van der Waals surface area contributed by atoms with Crippen LogP contribution in [0.1, 0.15) is 5.56 Å². The predicted octanol–water partition coefficient (Wildman–Crippen LogP) is 2.31. The molecule has 0 amide bonds. The first kappa shape index (κ1) is 10.8. The van der Waals surface area contributed by atoms with Crippen LogP contribution in [0.4, 0.5) is 3.89 Å². The minimum Gasteiger partial charge on any atom is -0.341 e. The van der Waals surface area contributed by atoms with Gasteiger partial charge in [0.25, 0.3) is 5.09 Å². The van der Waals surface area contributed by atoms with E-state index in [1.165, 1.54) is 0 Å². The number of hydrogen-bond acceptors (Lipinski definition) is 4. The number of nitrogens with zero attached hydrogens (tertiary/aromatic N) is 1. The lowest BCUT2D eigenvalue weighted by molar-refractivity contribution is 0.334. The van der Waals surface area contributed by atoms with Crippen LogP contribution >= 0.6 is 0 Å². The Labute approximate surface area is 91.9 Å². The molecule has 0 N–H and O–H groups in total. The van der Waals surface area contributed by atoms with Gasteiger partial charge < -0.3 is 4.52 Å². The average molecular weight is 241 g/mol. The maximum atomic E-state index is 12.6. The molecule has 0 spiro atoms. The Morgan fingerprint density at radius 2 is 1.88 bits per heavy atom. The summed E-state index contributed by atoms with van der Waals surface area (Å²) in [5.74, 6) is 0. The van der Waals surface area contributed by atoms with Crippen LogP contribution in [0.5, 0.6) is 0 Å². The number of rotatable bonds is 2. The van der Waals surface area contributed by atoms with Gasteiger partial charge in [0.15, 0.2) is 0 Å². The van der Waals surface area contributed by atoms with Crippen molar-refractivity contribution in [2.24, 2.45) is 0 Å². The molecule has 1 aromatic carbocycles. The van der Waals surface area contributed by atoms with Gasteiger partial charge in [-0.2, -0.15) is 8.42 Å². The molecule has 0 aliphatic carbocycles. The molecular weight excluding hydrogens is 233 g/mol. The van der Waals surface area contributed by atoms with Gasteiger partial charge in [0, 0.05) is 11.6 Å². The average Bonchev–Trinajstić information content (AvgIpc) is 2.67. The van der Waals surface area contributed by atoms with E-state index in [9.17, 15) is 12.3 Å². The fraction of sp³-hybridized carbons (Fsp3) is 0.100. The molecule has 1 heterocycles. The topological polar surface area (TPSA) is 60.2 Å². The summed E-state index contributed by atoms with van der Waals surface area (Å²) in [5.41, 5.74) is 2.02. The van der Waals surface area contributed by atoms with Crippen molar-refractivity contribution in [1.29, 1.82) is 0 Å². The zero-order valence-corrected chi connectivity index (χ0v) is 9.16. The third-order valence-corrected chi connectivity index (χ3v) is 2.75. The van der Waals surface area contributed by atoms with Crippen molar-refractivity contribution in [3.05, 3.63) is 35.9 Å². The lowest BCUT2D eigenvalue weighted by atomic mass is 10.1. The summed E-state index contributed by atoms with van der Waals surface area (Å²) in [6, 6.07) is 8.24. The molecule has 0 saturated carbocycles. The number of benzene rings is 1. The van der Waals surface area contributed by atoms with Crippen molar-refractivity contribution in [1.82, 2.24) is 5.16 Å². The van der Waals surface area contributed by atoms with E-state index in [0.717, 1.165) is 11.6 Å². The zero-order valence-electron chi connectivity index (χ0n) is 8.34. The van der Waals surface area contributed by atoms with Crippen molar-refractivity contribution in [2.45, 2.75) is 12.0 Å². The summed E-state index contributed by atoms with van der Waals surface area (Å²) in [5, 5.41) is 2.71. The van der Waals surface area contributed by atoms with Crippen molar-refractivity contribution < 1.29 is 16.8 Å². The van der Waals surface area contributed by atoms with Crippen LogP contribution in [-0.4, -0.2) is 13.6 Å².